The maximum Gasteiger partial charge on any atom is 0.310 e. The third-order valence-corrected chi connectivity index (χ3v) is 9.04. The summed E-state index contributed by atoms with van der Waals surface area (Å²) in [6.45, 7) is 23.3. The van der Waals surface area contributed by atoms with Crippen molar-refractivity contribution in [2.45, 2.75) is 99.0 Å². The molecule has 4 heterocycles. The molecule has 1 N–H and O–H groups in total. The number of hydrogen-bond acceptors (Lipinski definition) is 7. The molecule has 4 aromatic rings. The van der Waals surface area contributed by atoms with Gasteiger partial charge in [-0.15, -0.1) is 13.2 Å². The van der Waals surface area contributed by atoms with Gasteiger partial charge in [-0.25, -0.2) is 9.97 Å². The van der Waals surface area contributed by atoms with Crippen LogP contribution in [0.5, 0.6) is 0 Å². The molecule has 9 nitrogen and oxygen atoms in total. The first-order valence-corrected chi connectivity index (χ1v) is 17.0. The van der Waals surface area contributed by atoms with E-state index in [1.54, 1.807) is 20.8 Å². The monoisotopic (exact) mass is 654 g/mol. The third-order valence-electron chi connectivity index (χ3n) is 9.04. The lowest BCUT2D eigenvalue weighted by Gasteiger charge is -2.41. The van der Waals surface area contributed by atoms with Gasteiger partial charge in [-0.05, 0) is 91.2 Å². The number of aromatic nitrogens is 5. The summed E-state index contributed by atoms with van der Waals surface area (Å²) in [5.74, 6) is 1.69. The highest BCUT2D eigenvalue weighted by molar-refractivity contribution is 5.77. The van der Waals surface area contributed by atoms with Gasteiger partial charge in [0.2, 0.25) is 0 Å². The van der Waals surface area contributed by atoms with Crippen molar-refractivity contribution in [2.75, 3.05) is 25.1 Å². The number of aryl methyl sites for hydroxylation is 3. The first-order chi connectivity index (χ1) is 22.7. The van der Waals surface area contributed by atoms with Gasteiger partial charge >= 0.3 is 5.97 Å². The summed E-state index contributed by atoms with van der Waals surface area (Å²) in [6.07, 6.45) is 10.1. The van der Waals surface area contributed by atoms with Crippen LogP contribution >= 0.6 is 0 Å². The number of ether oxygens (including phenoxy) is 1. The highest BCUT2D eigenvalue weighted by Crippen LogP contribution is 2.39. The van der Waals surface area contributed by atoms with E-state index in [4.69, 9.17) is 24.9 Å². The minimum absolute atomic E-state index is 0.155. The number of allylic oxidation sites excluding steroid dienone is 2. The van der Waals surface area contributed by atoms with Crippen LogP contribution in [-0.4, -0.2) is 61.0 Å². The van der Waals surface area contributed by atoms with Crippen molar-refractivity contribution in [1.29, 1.82) is 0 Å². The Morgan fingerprint density at radius 2 is 1.71 bits per heavy atom. The molecule has 0 atom stereocenters. The molecular formula is C39H54N6O3. The summed E-state index contributed by atoms with van der Waals surface area (Å²) in [7, 11) is 1.43. The molecule has 0 amide bonds. The van der Waals surface area contributed by atoms with Crippen molar-refractivity contribution in [3.05, 3.63) is 84.1 Å². The van der Waals surface area contributed by atoms with E-state index in [-0.39, 0.29) is 17.8 Å². The third kappa shape index (κ3) is 8.81. The number of carbonyl (C=O) groups is 1. The molecule has 0 unspecified atom stereocenters. The quantitative estimate of drug-likeness (QED) is 0.131. The molecule has 48 heavy (non-hydrogen) atoms. The number of benzene rings is 1. The summed E-state index contributed by atoms with van der Waals surface area (Å²) in [6, 6.07) is 10.5. The Hall–Kier alpha value is -4.24. The maximum absolute atomic E-state index is 12.5. The van der Waals surface area contributed by atoms with Gasteiger partial charge in [-0.3, -0.25) is 4.79 Å². The summed E-state index contributed by atoms with van der Waals surface area (Å²) in [4.78, 5) is 24.7. The standard InChI is InChI=1S/C35H44N6O2.C4H10O/c1-8-10-15-31-36-24(3)26(5)40(31)28-14-12-13-27(21-28)30-23-32-37-25(4)29(22-33(42)43-7)34(41(32)38-30)39-19-17-35(6,18-20-39)16-11-9-2;1-4(2,3)5/h8-9,12-14,21,23H,1-2,10-11,15-20,22H2,3-7H3;5H,1-3H3. The van der Waals surface area contributed by atoms with Crippen LogP contribution in [0.15, 0.2) is 55.6 Å². The fourth-order valence-electron chi connectivity index (χ4n) is 6.21. The molecule has 1 aromatic carbocycles. The molecule has 1 fully saturated rings. The zero-order valence-corrected chi connectivity index (χ0v) is 30.3. The van der Waals surface area contributed by atoms with Crippen LogP contribution in [0.25, 0.3) is 22.6 Å². The van der Waals surface area contributed by atoms with Crippen LogP contribution in [0, 0.1) is 26.2 Å². The van der Waals surface area contributed by atoms with Crippen molar-refractivity contribution in [3.63, 3.8) is 0 Å². The van der Waals surface area contributed by atoms with E-state index in [0.717, 1.165) is 108 Å². The molecule has 5 rings (SSSR count). The summed E-state index contributed by atoms with van der Waals surface area (Å²) in [5.41, 5.74) is 7.28. The number of methoxy groups -OCH3 is 1. The number of nitrogens with zero attached hydrogens (tertiary/aromatic N) is 6. The van der Waals surface area contributed by atoms with E-state index in [9.17, 15) is 4.79 Å². The molecule has 0 saturated carbocycles. The molecule has 9 heteroatoms. The summed E-state index contributed by atoms with van der Waals surface area (Å²) in [5, 5.41) is 13.6. The Kier molecular flexibility index (Phi) is 11.7. The number of fused-ring (bicyclic) bond motifs is 1. The molecule has 0 aliphatic carbocycles. The number of imidazole rings is 1. The van der Waals surface area contributed by atoms with E-state index >= 15 is 0 Å². The number of piperidine rings is 1. The van der Waals surface area contributed by atoms with E-state index in [1.165, 1.54) is 7.11 Å². The Bertz CT molecular complexity index is 1750. The number of aliphatic hydroxyl groups is 1. The van der Waals surface area contributed by atoms with E-state index in [2.05, 4.69) is 67.7 Å². The lowest BCUT2D eigenvalue weighted by atomic mass is 9.76. The van der Waals surface area contributed by atoms with Gasteiger partial charge in [0.15, 0.2) is 5.65 Å². The zero-order valence-electron chi connectivity index (χ0n) is 30.3. The van der Waals surface area contributed by atoms with Gasteiger partial charge in [0.25, 0.3) is 0 Å². The van der Waals surface area contributed by atoms with Crippen LogP contribution in [-0.2, 0) is 22.4 Å². The molecule has 1 aliphatic heterocycles. The van der Waals surface area contributed by atoms with Crippen LogP contribution in [0.1, 0.15) is 88.3 Å². The molecule has 0 radical (unpaired) electrons. The van der Waals surface area contributed by atoms with Crippen molar-refractivity contribution in [1.82, 2.24) is 24.1 Å². The van der Waals surface area contributed by atoms with Crippen LogP contribution < -0.4 is 4.90 Å². The number of rotatable bonds is 11. The first-order valence-electron chi connectivity index (χ1n) is 17.0. The van der Waals surface area contributed by atoms with E-state index < -0.39 is 5.60 Å². The topological polar surface area (TPSA) is 97.8 Å². The SMILES string of the molecule is C=CCCc1nc(C)c(C)n1-c1cccc(-c2cc3nc(C)c(CC(=O)OC)c(N4CCC(C)(CCC=C)CC4)n3n2)c1.CC(C)(C)O. The van der Waals surface area contributed by atoms with E-state index in [0.29, 0.717) is 0 Å². The molecule has 1 saturated heterocycles. The van der Waals surface area contributed by atoms with Gasteiger partial charge in [0.05, 0.1) is 30.5 Å². The van der Waals surface area contributed by atoms with Crippen LogP contribution in [0.2, 0.25) is 0 Å². The second-order valence-corrected chi connectivity index (χ2v) is 14.3. The predicted molar refractivity (Wildman–Crippen MR) is 195 cm³/mol. The van der Waals surface area contributed by atoms with Crippen molar-refractivity contribution in [3.8, 4) is 16.9 Å². The van der Waals surface area contributed by atoms with Gasteiger partial charge in [-0.1, -0.05) is 31.2 Å². The second kappa shape index (κ2) is 15.3. The van der Waals surface area contributed by atoms with Gasteiger partial charge in [0.1, 0.15) is 11.6 Å². The summed E-state index contributed by atoms with van der Waals surface area (Å²) >= 11 is 0. The fraction of sp³-hybridized carbons (Fsp3) is 0.487. The van der Waals surface area contributed by atoms with Gasteiger partial charge < -0.3 is 19.3 Å². The van der Waals surface area contributed by atoms with Crippen molar-refractivity contribution >= 4 is 17.4 Å². The Morgan fingerprint density at radius 3 is 2.33 bits per heavy atom. The fourth-order valence-corrected chi connectivity index (χ4v) is 6.21. The minimum atomic E-state index is -0.500. The number of anilines is 1. The van der Waals surface area contributed by atoms with Crippen molar-refractivity contribution < 1.29 is 14.6 Å². The van der Waals surface area contributed by atoms with Crippen molar-refractivity contribution in [2.24, 2.45) is 5.41 Å². The normalized spacial score (nSPS) is 14.4. The number of esters is 1. The zero-order chi connectivity index (χ0) is 35.2. The van der Waals surface area contributed by atoms with Gasteiger partial charge in [-0.2, -0.15) is 9.61 Å². The van der Waals surface area contributed by atoms with Crippen LogP contribution in [0.4, 0.5) is 5.82 Å². The molecule has 0 spiro atoms. The lowest BCUT2D eigenvalue weighted by Crippen LogP contribution is -2.40. The first kappa shape index (κ1) is 36.6. The number of hydrogen-bond donors (Lipinski definition) is 1. The molecule has 258 valence electrons. The lowest BCUT2D eigenvalue weighted by molar-refractivity contribution is -0.139. The van der Waals surface area contributed by atoms with Crippen LogP contribution in [0.3, 0.4) is 0 Å². The molecule has 3 aromatic heterocycles. The molecule has 0 bridgehead atoms. The number of carbonyl (C=O) groups excluding carboxylic acids is 1. The average molecular weight is 655 g/mol. The average Bonchev–Trinajstić information content (AvgIpc) is 3.58. The summed E-state index contributed by atoms with van der Waals surface area (Å²) < 4.78 is 9.24. The largest absolute Gasteiger partial charge is 0.469 e. The highest BCUT2D eigenvalue weighted by atomic mass is 16.5. The smallest absolute Gasteiger partial charge is 0.310 e. The highest BCUT2D eigenvalue weighted by Gasteiger charge is 2.32. The Balaban J connectivity index is 0.000000968. The van der Waals surface area contributed by atoms with E-state index in [1.807, 2.05) is 29.7 Å². The predicted octanol–water partition coefficient (Wildman–Crippen LogP) is 7.69. The second-order valence-electron chi connectivity index (χ2n) is 14.3. The molecule has 1 aliphatic rings. The Morgan fingerprint density at radius 1 is 1.04 bits per heavy atom. The van der Waals surface area contributed by atoms with Gasteiger partial charge in [0, 0.05) is 53.8 Å². The minimum Gasteiger partial charge on any atom is -0.469 e. The maximum atomic E-state index is 12.5. The Labute approximate surface area is 286 Å². The molecular weight excluding hydrogens is 600 g/mol.